The maximum absolute atomic E-state index is 14.0. The first kappa shape index (κ1) is 20.2. The van der Waals surface area contributed by atoms with Gasteiger partial charge in [-0.2, -0.15) is 13.2 Å². The Balaban J connectivity index is 1.50. The molecule has 6 nitrogen and oxygen atoms in total. The minimum absolute atomic E-state index is 0.183. The van der Waals surface area contributed by atoms with Crippen LogP contribution in [0.4, 0.5) is 23.7 Å². The highest BCUT2D eigenvalue weighted by atomic mass is 19.4. The SMILES string of the molecule is O=C1NC(c2ccccc2)(C(F)(F)F)C(=O)N1CN1CCN(c2ccccc2)CC1. The summed E-state index contributed by atoms with van der Waals surface area (Å²) in [6, 6.07) is 15.5. The average molecular weight is 418 g/mol. The van der Waals surface area contributed by atoms with E-state index in [0.29, 0.717) is 31.1 Å². The first-order chi connectivity index (χ1) is 14.3. The summed E-state index contributed by atoms with van der Waals surface area (Å²) >= 11 is 0. The van der Waals surface area contributed by atoms with Crippen molar-refractivity contribution in [1.82, 2.24) is 15.1 Å². The third kappa shape index (κ3) is 3.39. The van der Waals surface area contributed by atoms with E-state index >= 15 is 0 Å². The molecular formula is C21H21F3N4O2. The number of nitrogens with one attached hydrogen (secondary N) is 1. The van der Waals surface area contributed by atoms with Crippen LogP contribution < -0.4 is 10.2 Å². The molecule has 0 spiro atoms. The van der Waals surface area contributed by atoms with E-state index in [2.05, 4.69) is 4.90 Å². The van der Waals surface area contributed by atoms with Crippen molar-refractivity contribution in [3.8, 4) is 0 Å². The monoisotopic (exact) mass is 418 g/mol. The molecule has 2 aliphatic rings. The number of hydrogen-bond donors (Lipinski definition) is 1. The van der Waals surface area contributed by atoms with Gasteiger partial charge in [-0.15, -0.1) is 0 Å². The Morgan fingerprint density at radius 1 is 0.867 bits per heavy atom. The molecule has 1 N–H and O–H groups in total. The number of rotatable bonds is 4. The number of hydrogen-bond acceptors (Lipinski definition) is 4. The highest BCUT2D eigenvalue weighted by Crippen LogP contribution is 2.43. The summed E-state index contributed by atoms with van der Waals surface area (Å²) in [7, 11) is 0. The van der Waals surface area contributed by atoms with Crippen LogP contribution in [0, 0.1) is 0 Å². The molecule has 0 aliphatic carbocycles. The maximum atomic E-state index is 14.0. The molecule has 1 atom stereocenters. The van der Waals surface area contributed by atoms with Gasteiger partial charge < -0.3 is 10.2 Å². The number of urea groups is 1. The molecule has 0 aromatic heterocycles. The van der Waals surface area contributed by atoms with Gasteiger partial charge in [0, 0.05) is 31.9 Å². The lowest BCUT2D eigenvalue weighted by Crippen LogP contribution is -2.56. The number of benzene rings is 2. The molecule has 2 aromatic carbocycles. The van der Waals surface area contributed by atoms with Gasteiger partial charge in [-0.25, -0.2) is 9.69 Å². The number of imide groups is 1. The van der Waals surface area contributed by atoms with E-state index in [0.717, 1.165) is 5.69 Å². The summed E-state index contributed by atoms with van der Waals surface area (Å²) in [5, 5.41) is 1.92. The van der Waals surface area contributed by atoms with E-state index in [-0.39, 0.29) is 12.2 Å². The molecule has 30 heavy (non-hydrogen) atoms. The van der Waals surface area contributed by atoms with Crippen LogP contribution >= 0.6 is 0 Å². The Labute approximate surface area is 171 Å². The van der Waals surface area contributed by atoms with E-state index in [4.69, 9.17) is 0 Å². The summed E-state index contributed by atoms with van der Waals surface area (Å²) in [6.45, 7) is 2.16. The molecule has 1 unspecified atom stereocenters. The van der Waals surface area contributed by atoms with Crippen LogP contribution in [0.3, 0.4) is 0 Å². The van der Waals surface area contributed by atoms with Crippen LogP contribution in [0.25, 0.3) is 0 Å². The topological polar surface area (TPSA) is 55.9 Å². The zero-order valence-electron chi connectivity index (χ0n) is 16.1. The van der Waals surface area contributed by atoms with Gasteiger partial charge in [0.15, 0.2) is 0 Å². The molecule has 4 rings (SSSR count). The lowest BCUT2D eigenvalue weighted by atomic mass is 9.89. The standard InChI is InChI=1S/C21H21F3N4O2/c22-21(23,24)20(16-7-3-1-4-8-16)18(29)28(19(30)25-20)15-26-11-13-27(14-12-26)17-9-5-2-6-10-17/h1-10H,11-15H2,(H,25,30). The number of carbonyl (C=O) groups excluding carboxylic acids is 2. The van der Waals surface area contributed by atoms with E-state index < -0.39 is 23.7 Å². The number of carbonyl (C=O) groups is 2. The van der Waals surface area contributed by atoms with Gasteiger partial charge in [0.25, 0.3) is 5.91 Å². The van der Waals surface area contributed by atoms with E-state index in [1.807, 2.05) is 40.5 Å². The molecule has 9 heteroatoms. The molecule has 0 bridgehead atoms. The summed E-state index contributed by atoms with van der Waals surface area (Å²) in [4.78, 5) is 30.0. The maximum Gasteiger partial charge on any atom is 0.425 e. The van der Waals surface area contributed by atoms with Crippen LogP contribution in [0.5, 0.6) is 0 Å². The lowest BCUT2D eigenvalue weighted by Gasteiger charge is -2.37. The molecule has 2 saturated heterocycles. The smallest absolute Gasteiger partial charge is 0.369 e. The van der Waals surface area contributed by atoms with Crippen LogP contribution in [0.1, 0.15) is 5.56 Å². The van der Waals surface area contributed by atoms with Crippen molar-refractivity contribution < 1.29 is 22.8 Å². The summed E-state index contributed by atoms with van der Waals surface area (Å²) in [6.07, 6.45) is -4.97. The Morgan fingerprint density at radius 3 is 2.00 bits per heavy atom. The van der Waals surface area contributed by atoms with Crippen LogP contribution in [-0.2, 0) is 10.3 Å². The van der Waals surface area contributed by atoms with Gasteiger partial charge >= 0.3 is 12.2 Å². The third-order valence-corrected chi connectivity index (χ3v) is 5.57. The Kier molecular flexibility index (Phi) is 5.15. The van der Waals surface area contributed by atoms with Gasteiger partial charge in [-0.1, -0.05) is 48.5 Å². The largest absolute Gasteiger partial charge is 0.425 e. The van der Waals surface area contributed by atoms with Gasteiger partial charge in [-0.05, 0) is 17.7 Å². The predicted molar refractivity (Wildman–Crippen MR) is 105 cm³/mol. The first-order valence-corrected chi connectivity index (χ1v) is 9.61. The van der Waals surface area contributed by atoms with Gasteiger partial charge in [0.1, 0.15) is 0 Å². The van der Waals surface area contributed by atoms with E-state index in [1.165, 1.54) is 24.3 Å². The molecule has 2 aromatic rings. The second kappa shape index (κ2) is 7.64. The summed E-state index contributed by atoms with van der Waals surface area (Å²) in [5.74, 6) is -1.29. The van der Waals surface area contributed by atoms with Crippen molar-refractivity contribution in [2.24, 2.45) is 0 Å². The average Bonchev–Trinajstić information content (AvgIpc) is 3.01. The minimum atomic E-state index is -4.97. The minimum Gasteiger partial charge on any atom is -0.369 e. The number of nitrogens with zero attached hydrogens (tertiary/aromatic N) is 3. The van der Waals surface area contributed by atoms with Gasteiger partial charge in [-0.3, -0.25) is 9.69 Å². The van der Waals surface area contributed by atoms with E-state index in [1.54, 1.807) is 6.07 Å². The predicted octanol–water partition coefficient (Wildman–Crippen LogP) is 2.78. The Bertz CT molecular complexity index is 915. The summed E-state index contributed by atoms with van der Waals surface area (Å²) < 4.78 is 42.1. The zero-order valence-corrected chi connectivity index (χ0v) is 16.1. The zero-order chi connectivity index (χ0) is 21.4. The fraction of sp³-hybridized carbons (Fsp3) is 0.333. The van der Waals surface area contributed by atoms with Gasteiger partial charge in [0.05, 0.1) is 6.67 Å². The number of alkyl halides is 3. The second-order valence-corrected chi connectivity index (χ2v) is 7.36. The van der Waals surface area contributed by atoms with Crippen LogP contribution in [-0.4, -0.2) is 60.8 Å². The molecule has 0 saturated carbocycles. The van der Waals surface area contributed by atoms with Crippen molar-refractivity contribution >= 4 is 17.6 Å². The van der Waals surface area contributed by atoms with Crippen LogP contribution in [0.2, 0.25) is 0 Å². The van der Waals surface area contributed by atoms with Crippen molar-refractivity contribution in [2.45, 2.75) is 11.7 Å². The summed E-state index contributed by atoms with van der Waals surface area (Å²) in [5.41, 5.74) is -2.29. The molecule has 2 heterocycles. The van der Waals surface area contributed by atoms with Gasteiger partial charge in [0.2, 0.25) is 5.54 Å². The quantitative estimate of drug-likeness (QED) is 0.776. The fourth-order valence-corrected chi connectivity index (χ4v) is 3.93. The van der Waals surface area contributed by atoms with Crippen molar-refractivity contribution in [3.63, 3.8) is 0 Å². The second-order valence-electron chi connectivity index (χ2n) is 7.36. The Morgan fingerprint density at radius 2 is 1.43 bits per heavy atom. The lowest BCUT2D eigenvalue weighted by molar-refractivity contribution is -0.198. The first-order valence-electron chi connectivity index (χ1n) is 9.61. The molecular weight excluding hydrogens is 397 g/mol. The number of amides is 3. The molecule has 2 fully saturated rings. The molecule has 2 aliphatic heterocycles. The fourth-order valence-electron chi connectivity index (χ4n) is 3.93. The number of anilines is 1. The normalized spacial score (nSPS) is 23.0. The van der Waals surface area contributed by atoms with Crippen molar-refractivity contribution in [1.29, 1.82) is 0 Å². The molecule has 3 amide bonds. The molecule has 158 valence electrons. The van der Waals surface area contributed by atoms with Crippen molar-refractivity contribution in [2.75, 3.05) is 37.7 Å². The van der Waals surface area contributed by atoms with E-state index in [9.17, 15) is 22.8 Å². The number of piperazine rings is 1. The number of para-hydroxylation sites is 1. The third-order valence-electron chi connectivity index (χ3n) is 5.57. The highest BCUT2D eigenvalue weighted by molar-refractivity contribution is 6.08. The molecule has 0 radical (unpaired) electrons. The Hall–Kier alpha value is -3.07. The number of halogens is 3. The highest BCUT2D eigenvalue weighted by Gasteiger charge is 2.68. The van der Waals surface area contributed by atoms with Crippen molar-refractivity contribution in [3.05, 3.63) is 66.2 Å². The van der Waals surface area contributed by atoms with Crippen LogP contribution in [0.15, 0.2) is 60.7 Å².